The van der Waals surface area contributed by atoms with Crippen LogP contribution in [0.2, 0.25) is 0 Å². The molecule has 8 heteroatoms. The van der Waals surface area contributed by atoms with Crippen molar-refractivity contribution in [2.45, 2.75) is 32.2 Å². The second kappa shape index (κ2) is 8.24. The molecule has 0 aliphatic carbocycles. The molecule has 1 fully saturated rings. The Labute approximate surface area is 169 Å². The molecule has 0 unspecified atom stereocenters. The van der Waals surface area contributed by atoms with Gasteiger partial charge in [-0.25, -0.2) is 9.48 Å². The van der Waals surface area contributed by atoms with Gasteiger partial charge in [-0.15, -0.1) is 0 Å². The number of carbonyl (C=O) groups is 2. The molecule has 1 amide bonds. The van der Waals surface area contributed by atoms with Crippen molar-refractivity contribution in [2.75, 3.05) is 33.4 Å². The van der Waals surface area contributed by atoms with Crippen LogP contribution in [0.25, 0.3) is 5.69 Å². The Balaban J connectivity index is 1.77. The highest BCUT2D eigenvalue weighted by Gasteiger charge is 2.37. The molecular weight excluding hydrogens is 372 g/mol. The molecule has 3 heterocycles. The molecule has 2 aliphatic heterocycles. The predicted molar refractivity (Wildman–Crippen MR) is 107 cm³/mol. The van der Waals surface area contributed by atoms with E-state index < -0.39 is 5.97 Å². The van der Waals surface area contributed by atoms with Crippen LogP contribution in [0.15, 0.2) is 24.3 Å². The van der Waals surface area contributed by atoms with Gasteiger partial charge in [-0.3, -0.25) is 4.79 Å². The lowest BCUT2D eigenvalue weighted by atomic mass is 9.98. The number of carbonyl (C=O) groups excluding carboxylic acids is 2. The Hall–Kier alpha value is -2.87. The minimum Gasteiger partial charge on any atom is -0.497 e. The maximum atomic E-state index is 13.5. The van der Waals surface area contributed by atoms with Gasteiger partial charge < -0.3 is 19.7 Å². The number of benzene rings is 1. The van der Waals surface area contributed by atoms with Gasteiger partial charge in [-0.2, -0.15) is 5.10 Å². The highest BCUT2D eigenvalue weighted by atomic mass is 16.5. The Morgan fingerprint density at radius 1 is 1.24 bits per heavy atom. The lowest BCUT2D eigenvalue weighted by Crippen LogP contribution is -2.49. The first-order valence-corrected chi connectivity index (χ1v) is 10.1. The standard InChI is InChI=1S/C21H26N4O4/c1-3-29-21(27)18-17-10-13-24(14-8-11-22-12-9-14)20(26)19(17)25(23-18)15-4-6-16(28-2)7-5-15/h4-7,14,22H,3,8-13H2,1-2H3. The van der Waals surface area contributed by atoms with Crippen molar-refractivity contribution >= 4 is 11.9 Å². The van der Waals surface area contributed by atoms with Gasteiger partial charge in [0.25, 0.3) is 5.91 Å². The van der Waals surface area contributed by atoms with E-state index in [9.17, 15) is 9.59 Å². The Morgan fingerprint density at radius 3 is 2.62 bits per heavy atom. The van der Waals surface area contributed by atoms with Crippen LogP contribution in [0.4, 0.5) is 0 Å². The van der Waals surface area contributed by atoms with Gasteiger partial charge in [0.1, 0.15) is 11.4 Å². The first-order valence-electron chi connectivity index (χ1n) is 10.1. The normalized spacial score (nSPS) is 17.2. The van der Waals surface area contributed by atoms with E-state index in [2.05, 4.69) is 10.4 Å². The molecule has 1 N–H and O–H groups in total. The third kappa shape index (κ3) is 3.60. The van der Waals surface area contributed by atoms with Crippen LogP contribution in [-0.2, 0) is 11.2 Å². The number of nitrogens with one attached hydrogen (secondary N) is 1. The number of hydrogen-bond donors (Lipinski definition) is 1. The number of rotatable bonds is 5. The van der Waals surface area contributed by atoms with Gasteiger partial charge >= 0.3 is 5.97 Å². The average molecular weight is 398 g/mol. The molecule has 1 saturated heterocycles. The first kappa shape index (κ1) is 19.4. The number of amides is 1. The van der Waals surface area contributed by atoms with Gasteiger partial charge in [0, 0.05) is 18.2 Å². The lowest BCUT2D eigenvalue weighted by molar-refractivity contribution is 0.0517. The van der Waals surface area contributed by atoms with Crippen molar-refractivity contribution in [3.05, 3.63) is 41.2 Å². The monoisotopic (exact) mass is 398 g/mol. The second-order valence-corrected chi connectivity index (χ2v) is 7.24. The van der Waals surface area contributed by atoms with Crippen molar-refractivity contribution in [1.82, 2.24) is 20.0 Å². The summed E-state index contributed by atoms with van der Waals surface area (Å²) in [6.07, 6.45) is 2.46. The fourth-order valence-electron chi connectivity index (χ4n) is 4.12. The zero-order valence-electron chi connectivity index (χ0n) is 16.8. The third-order valence-corrected chi connectivity index (χ3v) is 5.58. The zero-order valence-corrected chi connectivity index (χ0v) is 16.8. The van der Waals surface area contributed by atoms with Gasteiger partial charge in [0.15, 0.2) is 5.69 Å². The number of fused-ring (bicyclic) bond motifs is 1. The number of hydrogen-bond acceptors (Lipinski definition) is 6. The van der Waals surface area contributed by atoms with Crippen molar-refractivity contribution in [3.8, 4) is 11.4 Å². The van der Waals surface area contributed by atoms with E-state index in [1.807, 2.05) is 29.2 Å². The number of ether oxygens (including phenoxy) is 2. The SMILES string of the molecule is CCOC(=O)c1nn(-c2ccc(OC)cc2)c2c1CCN(C1CCNCC1)C2=O. The molecule has 154 valence electrons. The van der Waals surface area contributed by atoms with Crippen molar-refractivity contribution in [1.29, 1.82) is 0 Å². The van der Waals surface area contributed by atoms with E-state index in [1.54, 1.807) is 18.7 Å². The Morgan fingerprint density at radius 2 is 1.97 bits per heavy atom. The van der Waals surface area contributed by atoms with Gasteiger partial charge in [-0.05, 0) is 63.5 Å². The Bertz CT molecular complexity index is 900. The molecule has 8 nitrogen and oxygen atoms in total. The number of aromatic nitrogens is 2. The fourth-order valence-corrected chi connectivity index (χ4v) is 4.12. The van der Waals surface area contributed by atoms with Crippen LogP contribution in [0.1, 0.15) is 46.3 Å². The maximum absolute atomic E-state index is 13.5. The largest absolute Gasteiger partial charge is 0.497 e. The number of esters is 1. The van der Waals surface area contributed by atoms with E-state index in [0.717, 1.165) is 25.9 Å². The summed E-state index contributed by atoms with van der Waals surface area (Å²) in [6, 6.07) is 7.49. The van der Waals surface area contributed by atoms with Crippen LogP contribution in [0, 0.1) is 0 Å². The smallest absolute Gasteiger partial charge is 0.359 e. The Kier molecular flexibility index (Phi) is 5.53. The molecule has 1 aromatic heterocycles. The van der Waals surface area contributed by atoms with E-state index in [0.29, 0.717) is 35.7 Å². The summed E-state index contributed by atoms with van der Waals surface area (Å²) in [5, 5.41) is 7.85. The molecule has 0 spiro atoms. The highest BCUT2D eigenvalue weighted by molar-refractivity contribution is 6.00. The van der Waals surface area contributed by atoms with E-state index >= 15 is 0 Å². The van der Waals surface area contributed by atoms with Crippen molar-refractivity contribution < 1.29 is 19.1 Å². The minimum absolute atomic E-state index is 0.0722. The number of piperidine rings is 1. The summed E-state index contributed by atoms with van der Waals surface area (Å²) in [5.41, 5.74) is 2.08. The lowest BCUT2D eigenvalue weighted by Gasteiger charge is -2.37. The molecule has 2 aromatic rings. The predicted octanol–water partition coefficient (Wildman–Crippen LogP) is 1.81. The van der Waals surface area contributed by atoms with E-state index in [1.165, 1.54) is 0 Å². The topological polar surface area (TPSA) is 85.7 Å². The molecule has 4 rings (SSSR count). The van der Waals surface area contributed by atoms with Crippen LogP contribution in [0.3, 0.4) is 0 Å². The molecule has 0 atom stereocenters. The quantitative estimate of drug-likeness (QED) is 0.773. The third-order valence-electron chi connectivity index (χ3n) is 5.58. The van der Waals surface area contributed by atoms with Gasteiger partial charge in [0.05, 0.1) is 19.4 Å². The van der Waals surface area contributed by atoms with E-state index in [4.69, 9.17) is 9.47 Å². The highest BCUT2D eigenvalue weighted by Crippen LogP contribution is 2.29. The molecule has 29 heavy (non-hydrogen) atoms. The average Bonchev–Trinajstić information content (AvgIpc) is 3.15. The molecular formula is C21H26N4O4. The molecule has 1 aromatic carbocycles. The minimum atomic E-state index is -0.487. The summed E-state index contributed by atoms with van der Waals surface area (Å²) >= 11 is 0. The summed E-state index contributed by atoms with van der Waals surface area (Å²) in [6.45, 7) is 4.43. The molecule has 0 saturated carbocycles. The van der Waals surface area contributed by atoms with Crippen molar-refractivity contribution in [3.63, 3.8) is 0 Å². The zero-order chi connectivity index (χ0) is 20.4. The molecule has 0 radical (unpaired) electrons. The first-order chi connectivity index (χ1) is 14.1. The van der Waals surface area contributed by atoms with E-state index in [-0.39, 0.29) is 24.2 Å². The van der Waals surface area contributed by atoms with Gasteiger partial charge in [-0.1, -0.05) is 0 Å². The second-order valence-electron chi connectivity index (χ2n) is 7.24. The van der Waals surface area contributed by atoms with Crippen LogP contribution >= 0.6 is 0 Å². The number of methoxy groups -OCH3 is 1. The van der Waals surface area contributed by atoms with Crippen LogP contribution < -0.4 is 10.1 Å². The summed E-state index contributed by atoms with van der Waals surface area (Å²) in [7, 11) is 1.60. The fraction of sp³-hybridized carbons (Fsp3) is 0.476. The summed E-state index contributed by atoms with van der Waals surface area (Å²) < 4.78 is 12.0. The van der Waals surface area contributed by atoms with Gasteiger partial charge in [0.2, 0.25) is 0 Å². The summed E-state index contributed by atoms with van der Waals surface area (Å²) in [5.74, 6) is 0.152. The van der Waals surface area contributed by atoms with Crippen molar-refractivity contribution in [2.24, 2.45) is 0 Å². The molecule has 2 aliphatic rings. The molecule has 0 bridgehead atoms. The van der Waals surface area contributed by atoms with Crippen LogP contribution in [-0.4, -0.2) is 65.9 Å². The number of nitrogens with zero attached hydrogens (tertiary/aromatic N) is 3. The maximum Gasteiger partial charge on any atom is 0.359 e. The van der Waals surface area contributed by atoms with Crippen LogP contribution in [0.5, 0.6) is 5.75 Å². The summed E-state index contributed by atoms with van der Waals surface area (Å²) in [4.78, 5) is 27.9.